The van der Waals surface area contributed by atoms with Gasteiger partial charge in [-0.25, -0.2) is 9.37 Å². The third-order valence-corrected chi connectivity index (χ3v) is 3.85. The SMILES string of the molecule is CCc1nc2cc(N)ccc2n1-c1c(Cl)cc(F)cc1Cl. The Labute approximate surface area is 131 Å². The van der Waals surface area contributed by atoms with Gasteiger partial charge in [0.2, 0.25) is 0 Å². The van der Waals surface area contributed by atoms with Crippen LogP contribution >= 0.6 is 23.2 Å². The zero-order valence-corrected chi connectivity index (χ0v) is 12.7. The Balaban J connectivity index is 2.39. The van der Waals surface area contributed by atoms with Crippen molar-refractivity contribution in [2.75, 3.05) is 5.73 Å². The summed E-state index contributed by atoms with van der Waals surface area (Å²) in [6, 6.07) is 7.91. The Hall–Kier alpha value is -1.78. The van der Waals surface area contributed by atoms with Gasteiger partial charge in [-0.15, -0.1) is 0 Å². The summed E-state index contributed by atoms with van der Waals surface area (Å²) in [6.45, 7) is 1.98. The van der Waals surface area contributed by atoms with E-state index in [1.54, 1.807) is 12.1 Å². The summed E-state index contributed by atoms with van der Waals surface area (Å²) in [4.78, 5) is 4.54. The number of nitrogens with zero attached hydrogens (tertiary/aromatic N) is 2. The van der Waals surface area contributed by atoms with Gasteiger partial charge in [-0.05, 0) is 30.3 Å². The molecule has 0 bridgehead atoms. The highest BCUT2D eigenvalue weighted by Crippen LogP contribution is 2.34. The van der Waals surface area contributed by atoms with Crippen molar-refractivity contribution in [2.45, 2.75) is 13.3 Å². The van der Waals surface area contributed by atoms with Gasteiger partial charge in [0, 0.05) is 12.1 Å². The van der Waals surface area contributed by atoms with Crippen LogP contribution < -0.4 is 5.73 Å². The van der Waals surface area contributed by atoms with Gasteiger partial charge in [0.15, 0.2) is 0 Å². The number of benzene rings is 2. The summed E-state index contributed by atoms with van der Waals surface area (Å²) in [7, 11) is 0. The van der Waals surface area contributed by atoms with Crippen molar-refractivity contribution in [1.82, 2.24) is 9.55 Å². The standard InChI is InChI=1S/C15H12Cl2FN3/c1-2-14-20-12-7-9(19)3-4-13(12)21(14)15-10(16)5-8(18)6-11(15)17/h3-7H,2,19H2,1H3. The zero-order chi connectivity index (χ0) is 15.1. The average molecular weight is 324 g/mol. The molecule has 3 rings (SSSR count). The second-order valence-corrected chi connectivity index (χ2v) is 5.50. The third-order valence-electron chi connectivity index (χ3n) is 3.27. The lowest BCUT2D eigenvalue weighted by atomic mass is 10.2. The Morgan fingerprint density at radius 2 is 1.86 bits per heavy atom. The molecule has 108 valence electrons. The highest BCUT2D eigenvalue weighted by atomic mass is 35.5. The number of aryl methyl sites for hydroxylation is 1. The number of hydrogen-bond acceptors (Lipinski definition) is 2. The molecule has 0 unspecified atom stereocenters. The average Bonchev–Trinajstić information content (AvgIpc) is 2.75. The van der Waals surface area contributed by atoms with Gasteiger partial charge < -0.3 is 5.73 Å². The highest BCUT2D eigenvalue weighted by Gasteiger charge is 2.17. The lowest BCUT2D eigenvalue weighted by Crippen LogP contribution is -2.02. The van der Waals surface area contributed by atoms with Crippen LogP contribution in [0.4, 0.5) is 10.1 Å². The van der Waals surface area contributed by atoms with Gasteiger partial charge in [0.1, 0.15) is 11.6 Å². The van der Waals surface area contributed by atoms with Crippen LogP contribution in [0, 0.1) is 5.82 Å². The minimum atomic E-state index is -0.472. The Morgan fingerprint density at radius 3 is 2.48 bits per heavy atom. The Bertz CT molecular complexity index is 819. The van der Waals surface area contributed by atoms with Crippen molar-refractivity contribution >= 4 is 39.9 Å². The highest BCUT2D eigenvalue weighted by molar-refractivity contribution is 6.37. The fourth-order valence-electron chi connectivity index (χ4n) is 2.38. The summed E-state index contributed by atoms with van der Waals surface area (Å²) in [6.07, 6.45) is 0.679. The first-order chi connectivity index (χ1) is 10.0. The van der Waals surface area contributed by atoms with Crippen LogP contribution in [0.5, 0.6) is 0 Å². The van der Waals surface area contributed by atoms with E-state index in [9.17, 15) is 4.39 Å². The zero-order valence-electron chi connectivity index (χ0n) is 11.2. The molecule has 0 fully saturated rings. The molecule has 0 aliphatic heterocycles. The maximum absolute atomic E-state index is 13.4. The first-order valence-electron chi connectivity index (χ1n) is 6.43. The molecule has 0 spiro atoms. The van der Waals surface area contributed by atoms with Gasteiger partial charge >= 0.3 is 0 Å². The number of nitrogen functional groups attached to an aromatic ring is 1. The van der Waals surface area contributed by atoms with Gasteiger partial charge in [-0.1, -0.05) is 30.1 Å². The molecule has 0 atom stereocenters. The largest absolute Gasteiger partial charge is 0.399 e. The minimum Gasteiger partial charge on any atom is -0.399 e. The first kappa shape index (κ1) is 14.2. The van der Waals surface area contributed by atoms with Gasteiger partial charge in [0.25, 0.3) is 0 Å². The van der Waals surface area contributed by atoms with Crippen LogP contribution in [-0.2, 0) is 6.42 Å². The molecular formula is C15H12Cl2FN3. The summed E-state index contributed by atoms with van der Waals surface area (Å²) in [5.74, 6) is 0.312. The number of fused-ring (bicyclic) bond motifs is 1. The maximum Gasteiger partial charge on any atom is 0.126 e. The number of rotatable bonds is 2. The molecule has 0 radical (unpaired) electrons. The van der Waals surface area contributed by atoms with E-state index in [0.29, 0.717) is 17.8 Å². The monoisotopic (exact) mass is 323 g/mol. The summed E-state index contributed by atoms with van der Waals surface area (Å²) in [5.41, 5.74) is 8.54. The molecule has 21 heavy (non-hydrogen) atoms. The molecule has 2 N–H and O–H groups in total. The fraction of sp³-hybridized carbons (Fsp3) is 0.133. The van der Waals surface area contributed by atoms with E-state index in [1.807, 2.05) is 17.6 Å². The van der Waals surface area contributed by atoms with Crippen molar-refractivity contribution in [3.05, 3.63) is 52.0 Å². The van der Waals surface area contributed by atoms with Crippen LogP contribution in [0.2, 0.25) is 10.0 Å². The summed E-state index contributed by atoms with van der Waals surface area (Å²) in [5, 5.41) is 0.483. The van der Waals surface area contributed by atoms with Crippen molar-refractivity contribution < 1.29 is 4.39 Å². The van der Waals surface area contributed by atoms with Gasteiger partial charge in [0.05, 0.1) is 26.8 Å². The van der Waals surface area contributed by atoms with E-state index < -0.39 is 5.82 Å². The van der Waals surface area contributed by atoms with E-state index in [-0.39, 0.29) is 10.0 Å². The predicted molar refractivity (Wildman–Crippen MR) is 84.8 cm³/mol. The molecule has 1 aromatic heterocycles. The molecule has 6 heteroatoms. The van der Waals surface area contributed by atoms with E-state index in [2.05, 4.69) is 4.98 Å². The third kappa shape index (κ3) is 2.34. The molecule has 3 aromatic rings. The molecule has 0 saturated carbocycles. The molecule has 0 saturated heterocycles. The van der Waals surface area contributed by atoms with Gasteiger partial charge in [-0.3, -0.25) is 4.57 Å². The lowest BCUT2D eigenvalue weighted by molar-refractivity contribution is 0.627. The Kier molecular flexibility index (Phi) is 3.51. The summed E-state index contributed by atoms with van der Waals surface area (Å²) < 4.78 is 15.2. The number of aromatic nitrogens is 2. The normalized spacial score (nSPS) is 11.2. The lowest BCUT2D eigenvalue weighted by Gasteiger charge is -2.12. The maximum atomic E-state index is 13.4. The van der Waals surface area contributed by atoms with Crippen molar-refractivity contribution in [3.8, 4) is 5.69 Å². The summed E-state index contributed by atoms with van der Waals surface area (Å²) >= 11 is 12.4. The van der Waals surface area contributed by atoms with E-state index in [4.69, 9.17) is 28.9 Å². The second kappa shape index (κ2) is 5.20. The van der Waals surface area contributed by atoms with Crippen LogP contribution in [0.3, 0.4) is 0 Å². The molecule has 3 nitrogen and oxygen atoms in total. The molecule has 1 heterocycles. The van der Waals surface area contributed by atoms with Crippen LogP contribution in [0.15, 0.2) is 30.3 Å². The molecule has 0 aliphatic rings. The molecular weight excluding hydrogens is 312 g/mol. The predicted octanol–water partition coefficient (Wildman–Crippen LogP) is 4.62. The second-order valence-electron chi connectivity index (χ2n) is 4.68. The van der Waals surface area contributed by atoms with Crippen LogP contribution in [0.1, 0.15) is 12.7 Å². The van der Waals surface area contributed by atoms with E-state index in [1.165, 1.54) is 12.1 Å². The molecule has 0 aliphatic carbocycles. The molecule has 0 amide bonds. The number of halogens is 3. The quantitative estimate of drug-likeness (QED) is 0.699. The Morgan fingerprint density at radius 1 is 1.19 bits per heavy atom. The fourth-order valence-corrected chi connectivity index (χ4v) is 3.01. The number of anilines is 1. The van der Waals surface area contributed by atoms with Crippen LogP contribution in [0.25, 0.3) is 16.7 Å². The number of nitrogens with two attached hydrogens (primary N) is 1. The first-order valence-corrected chi connectivity index (χ1v) is 7.18. The van der Waals surface area contributed by atoms with E-state index in [0.717, 1.165) is 16.9 Å². The topological polar surface area (TPSA) is 43.8 Å². The van der Waals surface area contributed by atoms with Crippen molar-refractivity contribution in [2.24, 2.45) is 0 Å². The van der Waals surface area contributed by atoms with Gasteiger partial charge in [-0.2, -0.15) is 0 Å². The van der Waals surface area contributed by atoms with Crippen molar-refractivity contribution in [1.29, 1.82) is 0 Å². The van der Waals surface area contributed by atoms with E-state index >= 15 is 0 Å². The van der Waals surface area contributed by atoms with Crippen LogP contribution in [-0.4, -0.2) is 9.55 Å². The number of imidazole rings is 1. The number of hydrogen-bond donors (Lipinski definition) is 1. The van der Waals surface area contributed by atoms with Crippen molar-refractivity contribution in [3.63, 3.8) is 0 Å². The molecule has 2 aromatic carbocycles. The minimum absolute atomic E-state index is 0.242. The smallest absolute Gasteiger partial charge is 0.126 e.